The first-order valence-electron chi connectivity index (χ1n) is 8.53. The van der Waals surface area contributed by atoms with E-state index in [9.17, 15) is 4.79 Å². The van der Waals surface area contributed by atoms with Crippen LogP contribution >= 0.6 is 11.3 Å². The standard InChI is InChI=1S/C17H20N6OS/c1-2-23-15-12(22-17(23)18)7-10(8-19-15)16(24)20-9-14-21-11-5-3-4-6-13(11)25-14/h7-8H,2-6,9H2,1H3,(H2,18,22)(H,20,24). The number of rotatable bonds is 4. The predicted octanol–water partition coefficient (Wildman–Crippen LogP) is 2.30. The minimum absolute atomic E-state index is 0.174. The molecule has 3 aromatic rings. The lowest BCUT2D eigenvalue weighted by molar-refractivity contribution is 0.0950. The van der Waals surface area contributed by atoms with Gasteiger partial charge in [-0.1, -0.05) is 0 Å². The van der Waals surface area contributed by atoms with Crippen molar-refractivity contribution in [3.63, 3.8) is 0 Å². The number of aromatic nitrogens is 4. The van der Waals surface area contributed by atoms with Crippen molar-refractivity contribution in [1.29, 1.82) is 0 Å². The number of thiazole rings is 1. The van der Waals surface area contributed by atoms with E-state index in [1.165, 1.54) is 23.4 Å². The first-order chi connectivity index (χ1) is 12.2. The number of pyridine rings is 1. The Labute approximate surface area is 149 Å². The van der Waals surface area contributed by atoms with Crippen LogP contribution in [0.15, 0.2) is 12.3 Å². The van der Waals surface area contributed by atoms with E-state index >= 15 is 0 Å². The molecular formula is C17H20N6OS. The molecule has 1 aliphatic rings. The molecule has 0 saturated heterocycles. The summed E-state index contributed by atoms with van der Waals surface area (Å²) < 4.78 is 1.82. The van der Waals surface area contributed by atoms with Crippen molar-refractivity contribution in [2.45, 2.75) is 45.7 Å². The van der Waals surface area contributed by atoms with Crippen LogP contribution in [-0.4, -0.2) is 25.4 Å². The molecule has 3 N–H and O–H groups in total. The lowest BCUT2D eigenvalue weighted by atomic mass is 10.0. The van der Waals surface area contributed by atoms with Crippen LogP contribution in [0.3, 0.4) is 0 Å². The number of aryl methyl sites for hydroxylation is 3. The maximum Gasteiger partial charge on any atom is 0.253 e. The third-order valence-corrected chi connectivity index (χ3v) is 5.64. The summed E-state index contributed by atoms with van der Waals surface area (Å²) >= 11 is 1.71. The van der Waals surface area contributed by atoms with Gasteiger partial charge in [0.05, 0.1) is 17.8 Å². The molecule has 0 fully saturated rings. The number of hydrogen-bond donors (Lipinski definition) is 2. The molecule has 3 heterocycles. The third-order valence-electron chi connectivity index (χ3n) is 4.48. The van der Waals surface area contributed by atoms with Crippen LogP contribution in [0, 0.1) is 0 Å². The average Bonchev–Trinajstić information content (AvgIpc) is 3.18. The SMILES string of the molecule is CCn1c(N)nc2cc(C(=O)NCc3nc4c(s3)CCCC4)cnc21. The summed E-state index contributed by atoms with van der Waals surface area (Å²) in [7, 11) is 0. The Balaban J connectivity index is 1.49. The fourth-order valence-electron chi connectivity index (χ4n) is 3.20. The Morgan fingerprint density at radius 3 is 3.00 bits per heavy atom. The molecule has 130 valence electrons. The number of nitrogen functional groups attached to an aromatic ring is 1. The quantitative estimate of drug-likeness (QED) is 0.747. The number of carbonyl (C=O) groups excluding carboxylic acids is 1. The zero-order valence-electron chi connectivity index (χ0n) is 14.1. The normalized spacial score (nSPS) is 13.8. The number of anilines is 1. The highest BCUT2D eigenvalue weighted by molar-refractivity contribution is 7.11. The van der Waals surface area contributed by atoms with Crippen molar-refractivity contribution in [2.24, 2.45) is 0 Å². The zero-order chi connectivity index (χ0) is 17.4. The van der Waals surface area contributed by atoms with Gasteiger partial charge in [0.25, 0.3) is 5.91 Å². The van der Waals surface area contributed by atoms with Gasteiger partial charge in [-0.3, -0.25) is 9.36 Å². The number of amides is 1. The molecule has 0 aromatic carbocycles. The van der Waals surface area contributed by atoms with Gasteiger partial charge in [0.15, 0.2) is 5.65 Å². The van der Waals surface area contributed by atoms with E-state index in [4.69, 9.17) is 5.73 Å². The smallest absolute Gasteiger partial charge is 0.253 e. The minimum atomic E-state index is -0.174. The number of hydrogen-bond acceptors (Lipinski definition) is 6. The number of fused-ring (bicyclic) bond motifs is 2. The zero-order valence-corrected chi connectivity index (χ0v) is 14.9. The Morgan fingerprint density at radius 2 is 2.20 bits per heavy atom. The summed E-state index contributed by atoms with van der Waals surface area (Å²) in [5.41, 5.74) is 8.90. The maximum atomic E-state index is 12.4. The molecule has 0 saturated carbocycles. The van der Waals surface area contributed by atoms with E-state index in [-0.39, 0.29) is 5.91 Å². The molecule has 4 rings (SSSR count). The maximum absolute atomic E-state index is 12.4. The van der Waals surface area contributed by atoms with Crippen LogP contribution < -0.4 is 11.1 Å². The topological polar surface area (TPSA) is 98.7 Å². The summed E-state index contributed by atoms with van der Waals surface area (Å²) in [6.07, 6.45) is 6.19. The Hall–Kier alpha value is -2.48. The molecule has 0 spiro atoms. The van der Waals surface area contributed by atoms with Gasteiger partial charge in [-0.15, -0.1) is 11.3 Å². The van der Waals surface area contributed by atoms with E-state index in [1.807, 2.05) is 11.5 Å². The fourth-order valence-corrected chi connectivity index (χ4v) is 4.30. The summed E-state index contributed by atoms with van der Waals surface area (Å²) in [5.74, 6) is 0.239. The van der Waals surface area contributed by atoms with Crippen molar-refractivity contribution >= 4 is 34.4 Å². The summed E-state index contributed by atoms with van der Waals surface area (Å²) in [5, 5.41) is 3.89. The van der Waals surface area contributed by atoms with E-state index in [2.05, 4.69) is 20.3 Å². The molecule has 25 heavy (non-hydrogen) atoms. The lowest BCUT2D eigenvalue weighted by Crippen LogP contribution is -2.22. The van der Waals surface area contributed by atoms with E-state index in [0.29, 0.717) is 35.8 Å². The fraction of sp³-hybridized carbons (Fsp3) is 0.412. The van der Waals surface area contributed by atoms with Crippen molar-refractivity contribution in [3.05, 3.63) is 33.4 Å². The summed E-state index contributed by atoms with van der Waals surface area (Å²) in [4.78, 5) is 27.1. The van der Waals surface area contributed by atoms with Crippen LogP contribution in [0.2, 0.25) is 0 Å². The number of nitrogens with zero attached hydrogens (tertiary/aromatic N) is 4. The molecule has 8 heteroatoms. The number of nitrogens with two attached hydrogens (primary N) is 1. The molecule has 3 aromatic heterocycles. The van der Waals surface area contributed by atoms with Crippen molar-refractivity contribution in [2.75, 3.05) is 5.73 Å². The molecule has 0 aliphatic heterocycles. The van der Waals surface area contributed by atoms with E-state index in [0.717, 1.165) is 17.8 Å². The van der Waals surface area contributed by atoms with Gasteiger partial charge < -0.3 is 11.1 Å². The highest BCUT2D eigenvalue weighted by atomic mass is 32.1. The van der Waals surface area contributed by atoms with Gasteiger partial charge in [0, 0.05) is 17.6 Å². The van der Waals surface area contributed by atoms with Gasteiger partial charge in [-0.25, -0.2) is 15.0 Å². The number of imidazole rings is 1. The van der Waals surface area contributed by atoms with Crippen LogP contribution in [0.5, 0.6) is 0 Å². The van der Waals surface area contributed by atoms with E-state index < -0.39 is 0 Å². The van der Waals surface area contributed by atoms with Crippen LogP contribution in [0.4, 0.5) is 5.95 Å². The molecule has 0 unspecified atom stereocenters. The van der Waals surface area contributed by atoms with Gasteiger partial charge in [0.1, 0.15) is 10.5 Å². The highest BCUT2D eigenvalue weighted by Crippen LogP contribution is 2.26. The first-order valence-corrected chi connectivity index (χ1v) is 9.34. The largest absolute Gasteiger partial charge is 0.369 e. The summed E-state index contributed by atoms with van der Waals surface area (Å²) in [6.45, 7) is 3.11. The van der Waals surface area contributed by atoms with E-state index in [1.54, 1.807) is 23.6 Å². The van der Waals surface area contributed by atoms with Gasteiger partial charge in [-0.2, -0.15) is 0 Å². The number of nitrogens with one attached hydrogen (secondary N) is 1. The average molecular weight is 356 g/mol. The molecule has 0 atom stereocenters. The molecule has 1 aliphatic carbocycles. The first kappa shape index (κ1) is 16.0. The minimum Gasteiger partial charge on any atom is -0.369 e. The Kier molecular flexibility index (Phi) is 4.12. The van der Waals surface area contributed by atoms with Crippen LogP contribution in [0.25, 0.3) is 11.2 Å². The second kappa shape index (κ2) is 6.44. The lowest BCUT2D eigenvalue weighted by Gasteiger charge is -2.06. The molecule has 1 amide bonds. The molecule has 0 bridgehead atoms. The van der Waals surface area contributed by atoms with Crippen molar-refractivity contribution in [1.82, 2.24) is 24.8 Å². The van der Waals surface area contributed by atoms with Gasteiger partial charge >= 0.3 is 0 Å². The second-order valence-corrected chi connectivity index (χ2v) is 7.32. The number of carbonyl (C=O) groups is 1. The van der Waals surface area contributed by atoms with Crippen molar-refractivity contribution < 1.29 is 4.79 Å². The third kappa shape index (κ3) is 2.97. The van der Waals surface area contributed by atoms with Gasteiger partial charge in [-0.05, 0) is 38.7 Å². The monoisotopic (exact) mass is 356 g/mol. The van der Waals surface area contributed by atoms with Crippen molar-refractivity contribution in [3.8, 4) is 0 Å². The Bertz CT molecular complexity index is 921. The van der Waals surface area contributed by atoms with Crippen LogP contribution in [0.1, 0.15) is 45.7 Å². The predicted molar refractivity (Wildman–Crippen MR) is 97.5 cm³/mol. The molecule has 7 nitrogen and oxygen atoms in total. The molecule has 0 radical (unpaired) electrons. The summed E-state index contributed by atoms with van der Waals surface area (Å²) in [6, 6.07) is 1.73. The highest BCUT2D eigenvalue weighted by Gasteiger charge is 2.16. The second-order valence-electron chi connectivity index (χ2n) is 6.15. The Morgan fingerprint density at radius 1 is 1.36 bits per heavy atom. The van der Waals surface area contributed by atoms with Gasteiger partial charge in [0.2, 0.25) is 5.95 Å². The molecular weight excluding hydrogens is 336 g/mol. The van der Waals surface area contributed by atoms with Crippen LogP contribution in [-0.2, 0) is 25.9 Å².